The monoisotopic (exact) mass is 249 g/mol. The van der Waals surface area contributed by atoms with Crippen LogP contribution in [0.25, 0.3) is 0 Å². The molecule has 16 heavy (non-hydrogen) atoms. The van der Waals surface area contributed by atoms with Gasteiger partial charge < -0.3 is 20.4 Å². The van der Waals surface area contributed by atoms with Gasteiger partial charge >= 0.3 is 29.6 Å². The van der Waals surface area contributed by atoms with Crippen LogP contribution in [0.5, 0.6) is 5.75 Å². The predicted molar refractivity (Wildman–Crippen MR) is 57.8 cm³/mol. The van der Waals surface area contributed by atoms with Crippen LogP contribution in [0.4, 0.5) is 5.69 Å². The third kappa shape index (κ3) is 5.12. The molecule has 1 rings (SSSR count). The molecule has 1 aromatic carbocycles. The van der Waals surface area contributed by atoms with E-state index in [1.807, 2.05) is 6.92 Å². The number of nitrogen functional groups attached to an aromatic ring is 1. The number of nitrogens with two attached hydrogens (primary N) is 1. The molecular formula is C10H12NNaO3S. The molecular weight excluding hydrogens is 237 g/mol. The van der Waals surface area contributed by atoms with Gasteiger partial charge in [-0.05, 0) is 25.1 Å². The Kier molecular flexibility index (Phi) is 7.66. The van der Waals surface area contributed by atoms with E-state index in [1.165, 1.54) is 0 Å². The minimum Gasteiger partial charge on any atom is -0.549 e. The molecule has 0 fully saturated rings. The van der Waals surface area contributed by atoms with Crippen molar-refractivity contribution in [3.63, 3.8) is 0 Å². The van der Waals surface area contributed by atoms with Crippen LogP contribution < -0.4 is 45.1 Å². The Morgan fingerprint density at radius 2 is 2.25 bits per heavy atom. The largest absolute Gasteiger partial charge is 1.00 e. The Hall–Kier alpha value is -0.360. The van der Waals surface area contributed by atoms with Crippen LogP contribution >= 0.6 is 11.8 Å². The molecule has 0 aliphatic carbocycles. The van der Waals surface area contributed by atoms with E-state index in [1.54, 1.807) is 18.2 Å². The van der Waals surface area contributed by atoms with Crippen LogP contribution in [-0.2, 0) is 4.79 Å². The molecule has 0 saturated heterocycles. The average Bonchev–Trinajstić information content (AvgIpc) is 2.19. The normalized spacial score (nSPS) is 9.31. The fourth-order valence-corrected chi connectivity index (χ4v) is 1.74. The Morgan fingerprint density at radius 1 is 1.56 bits per heavy atom. The zero-order chi connectivity index (χ0) is 11.3. The number of benzene rings is 1. The fourth-order valence-electron chi connectivity index (χ4n) is 1.03. The summed E-state index contributed by atoms with van der Waals surface area (Å²) in [6, 6.07) is 5.18. The minimum absolute atomic E-state index is 0. The molecule has 0 bridgehead atoms. The van der Waals surface area contributed by atoms with Gasteiger partial charge in [0.05, 0.1) is 12.6 Å². The summed E-state index contributed by atoms with van der Waals surface area (Å²) in [5.41, 5.74) is 6.23. The van der Waals surface area contributed by atoms with E-state index in [-0.39, 0.29) is 35.3 Å². The van der Waals surface area contributed by atoms with Gasteiger partial charge in [-0.2, -0.15) is 0 Å². The number of aliphatic carboxylic acids is 1. The summed E-state index contributed by atoms with van der Waals surface area (Å²) in [5, 5.41) is 10.3. The number of anilines is 1. The standard InChI is InChI=1S/C10H13NO3S.Na/c1-2-14-7-3-4-8(11)9(5-7)15-6-10(12)13;/h3-5H,2,6,11H2,1H3,(H,12,13);/q;+1/p-1. The van der Waals surface area contributed by atoms with E-state index in [2.05, 4.69) is 0 Å². The first kappa shape index (κ1) is 15.6. The van der Waals surface area contributed by atoms with Crippen molar-refractivity contribution in [2.45, 2.75) is 11.8 Å². The maximum Gasteiger partial charge on any atom is 1.00 e. The third-order valence-electron chi connectivity index (χ3n) is 1.64. The number of carbonyl (C=O) groups is 1. The average molecular weight is 249 g/mol. The maximum atomic E-state index is 10.3. The number of ether oxygens (including phenoxy) is 1. The summed E-state index contributed by atoms with van der Waals surface area (Å²) in [5.74, 6) is -0.534. The van der Waals surface area contributed by atoms with Crippen LogP contribution in [0.15, 0.2) is 23.1 Å². The summed E-state index contributed by atoms with van der Waals surface area (Å²) in [6.07, 6.45) is 0. The molecule has 0 saturated carbocycles. The van der Waals surface area contributed by atoms with Crippen molar-refractivity contribution < 1.29 is 44.2 Å². The quantitative estimate of drug-likeness (QED) is 0.355. The van der Waals surface area contributed by atoms with E-state index in [0.29, 0.717) is 22.9 Å². The maximum absolute atomic E-state index is 10.3. The molecule has 0 amide bonds. The first-order valence-electron chi connectivity index (χ1n) is 4.48. The van der Waals surface area contributed by atoms with Crippen LogP contribution in [0.3, 0.4) is 0 Å². The molecule has 4 nitrogen and oxygen atoms in total. The van der Waals surface area contributed by atoms with Crippen molar-refractivity contribution >= 4 is 23.4 Å². The molecule has 2 N–H and O–H groups in total. The number of hydrogen-bond donors (Lipinski definition) is 1. The molecule has 0 unspecified atom stereocenters. The Bertz CT molecular complexity index is 360. The summed E-state index contributed by atoms with van der Waals surface area (Å²) >= 11 is 1.13. The van der Waals surface area contributed by atoms with Gasteiger partial charge in [-0.15, -0.1) is 11.8 Å². The summed E-state index contributed by atoms with van der Waals surface area (Å²) in [7, 11) is 0. The van der Waals surface area contributed by atoms with Crippen molar-refractivity contribution in [3.8, 4) is 5.75 Å². The van der Waals surface area contributed by atoms with E-state index in [4.69, 9.17) is 10.5 Å². The SMILES string of the molecule is CCOc1ccc(N)c(SCC(=O)[O-])c1.[Na+]. The molecule has 0 aromatic heterocycles. The first-order valence-corrected chi connectivity index (χ1v) is 5.47. The van der Waals surface area contributed by atoms with Crippen molar-refractivity contribution in [1.29, 1.82) is 0 Å². The zero-order valence-electron chi connectivity index (χ0n) is 9.36. The van der Waals surface area contributed by atoms with Gasteiger partial charge in [-0.25, -0.2) is 0 Å². The second-order valence-corrected chi connectivity index (χ2v) is 3.81. The summed E-state index contributed by atoms with van der Waals surface area (Å²) in [4.78, 5) is 11.0. The Balaban J connectivity index is 0.00000225. The summed E-state index contributed by atoms with van der Waals surface area (Å²) in [6.45, 7) is 2.44. The van der Waals surface area contributed by atoms with Crippen LogP contribution in [0.2, 0.25) is 0 Å². The predicted octanol–water partition coefficient (Wildman–Crippen LogP) is -2.49. The molecule has 1 aromatic rings. The number of carbonyl (C=O) groups excluding carboxylic acids is 1. The van der Waals surface area contributed by atoms with Crippen LogP contribution in [-0.4, -0.2) is 18.3 Å². The molecule has 82 valence electrons. The van der Waals surface area contributed by atoms with Gasteiger partial charge in [0, 0.05) is 16.3 Å². The Labute approximate surface area is 121 Å². The molecule has 0 radical (unpaired) electrons. The molecule has 0 spiro atoms. The van der Waals surface area contributed by atoms with E-state index in [9.17, 15) is 9.90 Å². The van der Waals surface area contributed by atoms with Crippen molar-refractivity contribution in [2.75, 3.05) is 18.1 Å². The molecule has 0 aliphatic rings. The first-order chi connectivity index (χ1) is 7.13. The topological polar surface area (TPSA) is 75.4 Å². The smallest absolute Gasteiger partial charge is 0.549 e. The van der Waals surface area contributed by atoms with Crippen LogP contribution in [0, 0.1) is 0 Å². The number of carboxylic acids is 1. The molecule has 0 heterocycles. The number of rotatable bonds is 5. The van der Waals surface area contributed by atoms with Gasteiger partial charge in [-0.1, -0.05) is 0 Å². The number of carboxylic acid groups (broad SMARTS) is 1. The van der Waals surface area contributed by atoms with Crippen molar-refractivity contribution in [1.82, 2.24) is 0 Å². The van der Waals surface area contributed by atoms with Gasteiger partial charge in [0.2, 0.25) is 0 Å². The number of hydrogen-bond acceptors (Lipinski definition) is 5. The second kappa shape index (κ2) is 7.84. The third-order valence-corrected chi connectivity index (χ3v) is 2.69. The van der Waals surface area contributed by atoms with E-state index in [0.717, 1.165) is 11.8 Å². The second-order valence-electron chi connectivity index (χ2n) is 2.79. The van der Waals surface area contributed by atoms with Gasteiger partial charge in [0.15, 0.2) is 0 Å². The molecule has 0 atom stereocenters. The van der Waals surface area contributed by atoms with Gasteiger partial charge in [0.25, 0.3) is 0 Å². The van der Waals surface area contributed by atoms with Crippen molar-refractivity contribution in [3.05, 3.63) is 18.2 Å². The van der Waals surface area contributed by atoms with Crippen LogP contribution in [0.1, 0.15) is 6.92 Å². The molecule has 6 heteroatoms. The van der Waals surface area contributed by atoms with E-state index < -0.39 is 5.97 Å². The minimum atomic E-state index is -1.11. The zero-order valence-corrected chi connectivity index (χ0v) is 12.2. The van der Waals surface area contributed by atoms with Gasteiger partial charge in [0.1, 0.15) is 5.75 Å². The molecule has 0 aliphatic heterocycles. The van der Waals surface area contributed by atoms with Gasteiger partial charge in [-0.3, -0.25) is 0 Å². The van der Waals surface area contributed by atoms with E-state index >= 15 is 0 Å². The summed E-state index contributed by atoms with van der Waals surface area (Å²) < 4.78 is 5.28. The Morgan fingerprint density at radius 3 is 2.81 bits per heavy atom. The van der Waals surface area contributed by atoms with Crippen molar-refractivity contribution in [2.24, 2.45) is 0 Å². The fraction of sp³-hybridized carbons (Fsp3) is 0.300. The number of thioether (sulfide) groups is 1.